The molecule has 1 N–H and O–H groups in total. The first kappa shape index (κ1) is 22.7. The molecule has 0 saturated carbocycles. The number of aliphatic carboxylic acids is 1. The number of rotatable bonds is 9. The molecule has 3 heteroatoms. The smallest absolute Gasteiger partial charge is 0.330 e. The van der Waals surface area contributed by atoms with Gasteiger partial charge in [0.05, 0.1) is 6.16 Å². The number of carbonyl (C=O) groups is 1. The first-order chi connectivity index (χ1) is 15.0. The summed E-state index contributed by atoms with van der Waals surface area (Å²) in [5.74, 6) is -0.844. The molecular weight excluding hydrogens is 399 g/mol. The predicted octanol–water partition coefficient (Wildman–Crippen LogP) is 5.74. The maximum Gasteiger partial charge on any atom is 0.330 e. The van der Waals surface area contributed by atoms with E-state index in [0.717, 1.165) is 19.0 Å². The van der Waals surface area contributed by atoms with Crippen LogP contribution in [-0.2, 0) is 4.79 Å². The molecule has 0 aliphatic heterocycles. The van der Waals surface area contributed by atoms with E-state index in [1.54, 1.807) is 6.92 Å². The Balaban J connectivity index is 2.02. The molecular formula is C28H30O2P+. The molecule has 0 aromatic heterocycles. The molecule has 0 bridgehead atoms. The Labute approximate surface area is 186 Å². The molecule has 0 radical (unpaired) electrons. The molecule has 3 rings (SSSR count). The van der Waals surface area contributed by atoms with Crippen LogP contribution in [0, 0.1) is 0 Å². The van der Waals surface area contributed by atoms with Crippen molar-refractivity contribution in [2.75, 3.05) is 6.16 Å². The molecule has 3 aromatic carbocycles. The van der Waals surface area contributed by atoms with E-state index in [1.165, 1.54) is 21.5 Å². The minimum absolute atomic E-state index is 0.410. The molecule has 2 nitrogen and oxygen atoms in total. The molecule has 31 heavy (non-hydrogen) atoms. The molecule has 0 aliphatic rings. The minimum Gasteiger partial charge on any atom is -0.478 e. The molecule has 158 valence electrons. The molecule has 0 saturated heterocycles. The number of carboxylic acids is 1. The van der Waals surface area contributed by atoms with Gasteiger partial charge in [-0.25, -0.2) is 4.79 Å². The largest absolute Gasteiger partial charge is 0.478 e. The number of hydrogen-bond acceptors (Lipinski definition) is 1. The van der Waals surface area contributed by atoms with Crippen LogP contribution >= 0.6 is 7.26 Å². The minimum atomic E-state index is -1.86. The van der Waals surface area contributed by atoms with Crippen LogP contribution in [0.15, 0.2) is 114 Å². The van der Waals surface area contributed by atoms with Crippen molar-refractivity contribution in [1.29, 1.82) is 0 Å². The number of carboxylic acid groups (broad SMARTS) is 1. The third-order valence-electron chi connectivity index (χ3n) is 5.63. The molecule has 0 aliphatic carbocycles. The van der Waals surface area contributed by atoms with Gasteiger partial charge in [0.25, 0.3) is 0 Å². The first-order valence-electron chi connectivity index (χ1n) is 10.6. The summed E-state index contributed by atoms with van der Waals surface area (Å²) in [5.41, 5.74) is 1.70. The van der Waals surface area contributed by atoms with Crippen LogP contribution in [0.25, 0.3) is 0 Å². The standard InChI is InChI=1S/C28H29O2P/c1-23(13-12-14-24(2)28(29)30)21-22-31(25-15-6-3-7-16-25,26-17-8-4-9-18-26)27-19-10-5-11-20-27/h3-11,14-21H,12-13,22H2,1-2H3/p+1/b23-21+,24-14+. The van der Waals surface area contributed by atoms with Gasteiger partial charge in [0.15, 0.2) is 0 Å². The quantitative estimate of drug-likeness (QED) is 0.268. The lowest BCUT2D eigenvalue weighted by Crippen LogP contribution is -2.33. The lowest BCUT2D eigenvalue weighted by molar-refractivity contribution is -0.132. The van der Waals surface area contributed by atoms with Crippen molar-refractivity contribution in [3.05, 3.63) is 114 Å². The molecule has 3 aromatic rings. The highest BCUT2D eigenvalue weighted by Crippen LogP contribution is 2.55. The maximum absolute atomic E-state index is 11.0. The highest BCUT2D eigenvalue weighted by Gasteiger charge is 2.44. The van der Waals surface area contributed by atoms with Crippen LogP contribution in [0.5, 0.6) is 0 Å². The van der Waals surface area contributed by atoms with E-state index in [4.69, 9.17) is 5.11 Å². The Morgan fingerprint density at radius 2 is 1.16 bits per heavy atom. The third-order valence-corrected chi connectivity index (χ3v) is 9.90. The monoisotopic (exact) mass is 429 g/mol. The van der Waals surface area contributed by atoms with Crippen LogP contribution in [0.1, 0.15) is 26.7 Å². The van der Waals surface area contributed by atoms with Crippen LogP contribution in [-0.4, -0.2) is 17.2 Å². The zero-order valence-corrected chi connectivity index (χ0v) is 19.1. The van der Waals surface area contributed by atoms with Crippen LogP contribution in [0.4, 0.5) is 0 Å². The summed E-state index contributed by atoms with van der Waals surface area (Å²) >= 11 is 0. The number of allylic oxidation sites excluding steroid dienone is 3. The summed E-state index contributed by atoms with van der Waals surface area (Å²) in [6.07, 6.45) is 6.73. The van der Waals surface area contributed by atoms with Crippen molar-refractivity contribution in [2.45, 2.75) is 26.7 Å². The second kappa shape index (κ2) is 10.9. The average molecular weight is 430 g/mol. The normalized spacial score (nSPS) is 12.6. The first-order valence-corrected chi connectivity index (χ1v) is 12.6. The summed E-state index contributed by atoms with van der Waals surface area (Å²) < 4.78 is 0. The zero-order valence-electron chi connectivity index (χ0n) is 18.2. The van der Waals surface area contributed by atoms with Gasteiger partial charge in [-0.3, -0.25) is 0 Å². The van der Waals surface area contributed by atoms with Crippen molar-refractivity contribution in [1.82, 2.24) is 0 Å². The SMILES string of the molecule is C/C(=C\C[P+](c1ccccc1)(c1ccccc1)c1ccccc1)CC/C=C(\C)C(=O)O. The van der Waals surface area contributed by atoms with Crippen molar-refractivity contribution >= 4 is 29.1 Å². The van der Waals surface area contributed by atoms with Crippen LogP contribution < -0.4 is 15.9 Å². The van der Waals surface area contributed by atoms with Gasteiger partial charge in [-0.05, 0) is 69.2 Å². The van der Waals surface area contributed by atoms with Gasteiger partial charge in [0.1, 0.15) is 23.2 Å². The Morgan fingerprint density at radius 1 is 0.742 bits per heavy atom. The van der Waals surface area contributed by atoms with E-state index >= 15 is 0 Å². The molecule has 0 atom stereocenters. The molecule has 0 amide bonds. The topological polar surface area (TPSA) is 37.3 Å². The Kier molecular flexibility index (Phi) is 7.98. The molecule has 0 fully saturated rings. The summed E-state index contributed by atoms with van der Waals surface area (Å²) in [6.45, 7) is 3.80. The Bertz CT molecular complexity index is 941. The maximum atomic E-state index is 11.0. The second-order valence-electron chi connectivity index (χ2n) is 7.78. The van der Waals surface area contributed by atoms with E-state index in [-0.39, 0.29) is 0 Å². The van der Waals surface area contributed by atoms with Gasteiger partial charge in [-0.1, -0.05) is 66.2 Å². The second-order valence-corrected chi connectivity index (χ2v) is 11.3. The van der Waals surface area contributed by atoms with Gasteiger partial charge in [0, 0.05) is 5.57 Å². The fourth-order valence-electron chi connectivity index (χ4n) is 3.81. The zero-order chi connectivity index (χ0) is 22.1. The van der Waals surface area contributed by atoms with E-state index in [2.05, 4.69) is 104 Å². The van der Waals surface area contributed by atoms with Gasteiger partial charge in [-0.2, -0.15) is 0 Å². The fraction of sp³-hybridized carbons (Fsp3) is 0.179. The summed E-state index contributed by atoms with van der Waals surface area (Å²) in [4.78, 5) is 11.0. The molecule has 0 unspecified atom stereocenters. The van der Waals surface area contributed by atoms with Gasteiger partial charge < -0.3 is 5.11 Å². The summed E-state index contributed by atoms with van der Waals surface area (Å²) in [5, 5.41) is 13.2. The van der Waals surface area contributed by atoms with Gasteiger partial charge >= 0.3 is 5.97 Å². The van der Waals surface area contributed by atoms with E-state index in [0.29, 0.717) is 5.57 Å². The van der Waals surface area contributed by atoms with Crippen molar-refractivity contribution in [2.24, 2.45) is 0 Å². The van der Waals surface area contributed by atoms with Crippen LogP contribution in [0.2, 0.25) is 0 Å². The van der Waals surface area contributed by atoms with Crippen molar-refractivity contribution in [3.8, 4) is 0 Å². The Morgan fingerprint density at radius 3 is 1.55 bits per heavy atom. The fourth-order valence-corrected chi connectivity index (χ4v) is 7.97. The highest BCUT2D eigenvalue weighted by atomic mass is 31.2. The van der Waals surface area contributed by atoms with Crippen LogP contribution in [0.3, 0.4) is 0 Å². The average Bonchev–Trinajstić information content (AvgIpc) is 2.81. The van der Waals surface area contributed by atoms with E-state index in [9.17, 15) is 4.79 Å². The van der Waals surface area contributed by atoms with Crippen molar-refractivity contribution < 1.29 is 9.90 Å². The highest BCUT2D eigenvalue weighted by molar-refractivity contribution is 7.95. The third kappa shape index (κ3) is 5.60. The van der Waals surface area contributed by atoms with Gasteiger partial charge in [-0.15, -0.1) is 0 Å². The lowest BCUT2D eigenvalue weighted by Gasteiger charge is -2.27. The Hall–Kier alpha value is -2.96. The molecule has 0 heterocycles. The van der Waals surface area contributed by atoms with E-state index < -0.39 is 13.2 Å². The van der Waals surface area contributed by atoms with Crippen molar-refractivity contribution in [3.63, 3.8) is 0 Å². The number of hydrogen-bond donors (Lipinski definition) is 1. The molecule has 0 spiro atoms. The predicted molar refractivity (Wildman–Crippen MR) is 134 cm³/mol. The number of benzene rings is 3. The van der Waals surface area contributed by atoms with Gasteiger partial charge in [0.2, 0.25) is 0 Å². The van der Waals surface area contributed by atoms with E-state index in [1.807, 2.05) is 6.08 Å². The summed E-state index contributed by atoms with van der Waals surface area (Å²) in [6, 6.07) is 32.6. The lowest BCUT2D eigenvalue weighted by atomic mass is 10.1. The summed E-state index contributed by atoms with van der Waals surface area (Å²) in [7, 11) is -1.86.